The Kier molecular flexibility index (Phi) is 4.79. The topological polar surface area (TPSA) is 26.3 Å². The van der Waals surface area contributed by atoms with Crippen molar-refractivity contribution in [1.29, 1.82) is 0 Å². The van der Waals surface area contributed by atoms with Gasteiger partial charge in [-0.15, -0.1) is 0 Å². The van der Waals surface area contributed by atoms with Crippen molar-refractivity contribution >= 4 is 5.78 Å². The fourth-order valence-electron chi connectivity index (χ4n) is 2.31. The Labute approximate surface area is 126 Å². The predicted molar refractivity (Wildman–Crippen MR) is 86.2 cm³/mol. The SMILES string of the molecule is Cc1ccc(C)c(CC(=O)c2ccccc2OC(C)C)c1. The quantitative estimate of drug-likeness (QED) is 0.754. The highest BCUT2D eigenvalue weighted by Gasteiger charge is 2.14. The van der Waals surface area contributed by atoms with Gasteiger partial charge in [0.1, 0.15) is 5.75 Å². The highest BCUT2D eigenvalue weighted by molar-refractivity contribution is 6.00. The summed E-state index contributed by atoms with van der Waals surface area (Å²) in [6, 6.07) is 13.7. The molecule has 0 aliphatic carbocycles. The molecule has 0 spiro atoms. The number of aryl methyl sites for hydroxylation is 2. The molecular formula is C19H22O2. The largest absolute Gasteiger partial charge is 0.490 e. The molecular weight excluding hydrogens is 260 g/mol. The van der Waals surface area contributed by atoms with Gasteiger partial charge in [0, 0.05) is 6.42 Å². The molecule has 2 aromatic rings. The molecule has 0 atom stereocenters. The van der Waals surface area contributed by atoms with E-state index in [4.69, 9.17) is 4.74 Å². The van der Waals surface area contributed by atoms with Crippen molar-refractivity contribution in [3.63, 3.8) is 0 Å². The van der Waals surface area contributed by atoms with Crippen LogP contribution in [0.25, 0.3) is 0 Å². The molecule has 0 bridgehead atoms. The first-order valence-corrected chi connectivity index (χ1v) is 7.32. The standard InChI is InChI=1S/C19H22O2/c1-13(2)21-19-8-6-5-7-17(19)18(20)12-16-11-14(3)9-10-15(16)4/h5-11,13H,12H2,1-4H3. The lowest BCUT2D eigenvalue weighted by Crippen LogP contribution is -2.11. The zero-order valence-electron chi connectivity index (χ0n) is 13.1. The molecule has 21 heavy (non-hydrogen) atoms. The fraction of sp³-hybridized carbons (Fsp3) is 0.316. The van der Waals surface area contributed by atoms with Crippen LogP contribution in [0.3, 0.4) is 0 Å². The van der Waals surface area contributed by atoms with Gasteiger partial charge in [0.15, 0.2) is 5.78 Å². The molecule has 0 aliphatic rings. The number of ether oxygens (including phenoxy) is 1. The second-order valence-electron chi connectivity index (χ2n) is 5.69. The third kappa shape index (κ3) is 3.94. The summed E-state index contributed by atoms with van der Waals surface area (Å²) in [7, 11) is 0. The van der Waals surface area contributed by atoms with Crippen LogP contribution in [0.2, 0.25) is 0 Å². The van der Waals surface area contributed by atoms with Crippen LogP contribution < -0.4 is 4.74 Å². The number of para-hydroxylation sites is 1. The molecule has 2 nitrogen and oxygen atoms in total. The van der Waals surface area contributed by atoms with Crippen LogP contribution >= 0.6 is 0 Å². The molecule has 0 saturated carbocycles. The minimum absolute atomic E-state index is 0.0552. The monoisotopic (exact) mass is 282 g/mol. The number of hydrogen-bond acceptors (Lipinski definition) is 2. The van der Waals surface area contributed by atoms with Crippen molar-refractivity contribution < 1.29 is 9.53 Å². The molecule has 0 amide bonds. The molecule has 2 rings (SSSR count). The smallest absolute Gasteiger partial charge is 0.170 e. The van der Waals surface area contributed by atoms with Gasteiger partial charge in [0.05, 0.1) is 11.7 Å². The van der Waals surface area contributed by atoms with Gasteiger partial charge in [-0.25, -0.2) is 0 Å². The van der Waals surface area contributed by atoms with E-state index < -0.39 is 0 Å². The third-order valence-corrected chi connectivity index (χ3v) is 3.41. The van der Waals surface area contributed by atoms with Gasteiger partial charge in [-0.2, -0.15) is 0 Å². The second-order valence-corrected chi connectivity index (χ2v) is 5.69. The Morgan fingerprint density at radius 3 is 2.52 bits per heavy atom. The number of Topliss-reactive ketones (excluding diaryl/α,β-unsaturated/α-hetero) is 1. The van der Waals surface area contributed by atoms with Gasteiger partial charge in [-0.3, -0.25) is 4.79 Å². The normalized spacial score (nSPS) is 10.7. The first-order valence-electron chi connectivity index (χ1n) is 7.32. The van der Waals surface area contributed by atoms with Crippen LogP contribution in [0.5, 0.6) is 5.75 Å². The number of benzene rings is 2. The lowest BCUT2D eigenvalue weighted by molar-refractivity contribution is 0.0987. The highest BCUT2D eigenvalue weighted by Crippen LogP contribution is 2.22. The van der Waals surface area contributed by atoms with Gasteiger partial charge < -0.3 is 4.74 Å². The summed E-state index contributed by atoms with van der Waals surface area (Å²) >= 11 is 0. The fourth-order valence-corrected chi connectivity index (χ4v) is 2.31. The van der Waals surface area contributed by atoms with E-state index in [0.29, 0.717) is 17.7 Å². The summed E-state index contributed by atoms with van der Waals surface area (Å²) in [6.07, 6.45) is 0.464. The lowest BCUT2D eigenvalue weighted by Gasteiger charge is -2.14. The maximum atomic E-state index is 12.6. The summed E-state index contributed by atoms with van der Waals surface area (Å²) in [5.74, 6) is 0.766. The summed E-state index contributed by atoms with van der Waals surface area (Å²) in [6.45, 7) is 8.01. The maximum Gasteiger partial charge on any atom is 0.170 e. The van der Waals surface area contributed by atoms with Gasteiger partial charge in [0.25, 0.3) is 0 Å². The van der Waals surface area contributed by atoms with E-state index in [-0.39, 0.29) is 11.9 Å². The molecule has 0 radical (unpaired) electrons. The average Bonchev–Trinajstić information content (AvgIpc) is 2.42. The molecule has 0 heterocycles. The van der Waals surface area contributed by atoms with Gasteiger partial charge in [-0.1, -0.05) is 35.9 Å². The minimum Gasteiger partial charge on any atom is -0.490 e. The summed E-state index contributed by atoms with van der Waals surface area (Å²) in [5, 5.41) is 0. The molecule has 2 aromatic carbocycles. The maximum absolute atomic E-state index is 12.6. The summed E-state index contributed by atoms with van der Waals surface area (Å²) < 4.78 is 5.74. The third-order valence-electron chi connectivity index (χ3n) is 3.41. The highest BCUT2D eigenvalue weighted by atomic mass is 16.5. The van der Waals surface area contributed by atoms with E-state index in [0.717, 1.165) is 11.1 Å². The van der Waals surface area contributed by atoms with Crippen LogP contribution in [0.4, 0.5) is 0 Å². The number of carbonyl (C=O) groups is 1. The second kappa shape index (κ2) is 6.57. The van der Waals surface area contributed by atoms with Crippen LogP contribution in [-0.2, 0) is 6.42 Å². The molecule has 0 aromatic heterocycles. The molecule has 110 valence electrons. The summed E-state index contributed by atoms with van der Waals surface area (Å²) in [4.78, 5) is 12.6. The van der Waals surface area contributed by atoms with Crippen molar-refractivity contribution in [1.82, 2.24) is 0 Å². The van der Waals surface area contributed by atoms with E-state index in [2.05, 4.69) is 18.2 Å². The zero-order valence-corrected chi connectivity index (χ0v) is 13.1. The lowest BCUT2D eigenvalue weighted by atomic mass is 9.97. The van der Waals surface area contributed by atoms with Crippen LogP contribution in [0.15, 0.2) is 42.5 Å². The zero-order chi connectivity index (χ0) is 15.4. The molecule has 2 heteroatoms. The van der Waals surface area contributed by atoms with Gasteiger partial charge in [-0.05, 0) is 51.0 Å². The van der Waals surface area contributed by atoms with E-state index in [1.54, 1.807) is 0 Å². The molecule has 0 saturated heterocycles. The van der Waals surface area contributed by atoms with Crippen LogP contribution in [-0.4, -0.2) is 11.9 Å². The average molecular weight is 282 g/mol. The Balaban J connectivity index is 2.26. The number of rotatable bonds is 5. The Hall–Kier alpha value is -2.09. The predicted octanol–water partition coefficient (Wildman–Crippen LogP) is 4.52. The van der Waals surface area contributed by atoms with Crippen molar-refractivity contribution in [3.8, 4) is 5.75 Å². The molecule has 0 fully saturated rings. The Morgan fingerprint density at radius 1 is 1.10 bits per heavy atom. The van der Waals surface area contributed by atoms with Crippen LogP contribution in [0.1, 0.15) is 40.9 Å². The van der Waals surface area contributed by atoms with Gasteiger partial charge in [0.2, 0.25) is 0 Å². The number of carbonyl (C=O) groups excluding carboxylic acids is 1. The molecule has 0 unspecified atom stereocenters. The molecule has 0 N–H and O–H groups in total. The first kappa shape index (κ1) is 15.3. The van der Waals surface area contributed by atoms with E-state index in [1.807, 2.05) is 52.0 Å². The van der Waals surface area contributed by atoms with E-state index in [1.165, 1.54) is 5.56 Å². The Morgan fingerprint density at radius 2 is 1.81 bits per heavy atom. The first-order chi connectivity index (χ1) is 9.97. The Bertz CT molecular complexity index is 642. The van der Waals surface area contributed by atoms with E-state index in [9.17, 15) is 4.79 Å². The van der Waals surface area contributed by atoms with Gasteiger partial charge >= 0.3 is 0 Å². The van der Waals surface area contributed by atoms with Crippen LogP contribution in [0, 0.1) is 13.8 Å². The van der Waals surface area contributed by atoms with Crippen molar-refractivity contribution in [3.05, 3.63) is 64.7 Å². The van der Waals surface area contributed by atoms with Crippen molar-refractivity contribution in [2.45, 2.75) is 40.2 Å². The number of ketones is 1. The van der Waals surface area contributed by atoms with E-state index >= 15 is 0 Å². The van der Waals surface area contributed by atoms with Crippen molar-refractivity contribution in [2.24, 2.45) is 0 Å². The van der Waals surface area contributed by atoms with Crippen molar-refractivity contribution in [2.75, 3.05) is 0 Å². The molecule has 0 aliphatic heterocycles. The number of hydrogen-bond donors (Lipinski definition) is 0. The summed E-state index contributed by atoms with van der Waals surface area (Å²) in [5.41, 5.74) is 4.07. The minimum atomic E-state index is 0.0552.